The van der Waals surface area contributed by atoms with Gasteiger partial charge in [0.25, 0.3) is 5.91 Å². The van der Waals surface area contributed by atoms with Crippen LogP contribution in [0.15, 0.2) is 29.2 Å². The second-order valence-electron chi connectivity index (χ2n) is 3.99. The number of H-pyrrole nitrogens is 1. The Morgan fingerprint density at radius 2 is 2.28 bits per heavy atom. The highest BCUT2D eigenvalue weighted by Crippen LogP contribution is 2.04. The van der Waals surface area contributed by atoms with Gasteiger partial charge in [-0.15, -0.1) is 0 Å². The normalized spacial score (nSPS) is 10.3. The minimum absolute atomic E-state index is 0.254. The fourth-order valence-corrected chi connectivity index (χ4v) is 1.57. The Hall–Kier alpha value is -2.37. The molecule has 0 aliphatic rings. The molecule has 0 unspecified atom stereocenters. The van der Waals surface area contributed by atoms with Crippen LogP contribution in [-0.4, -0.2) is 20.7 Å². The van der Waals surface area contributed by atoms with Crippen LogP contribution in [0.4, 0.5) is 0 Å². The average Bonchev–Trinajstić information content (AvgIpc) is 2.67. The molecule has 0 atom stereocenters. The molecule has 6 nitrogen and oxygen atoms in total. The van der Waals surface area contributed by atoms with Gasteiger partial charge in [-0.3, -0.25) is 14.3 Å². The minimum atomic E-state index is -0.309. The van der Waals surface area contributed by atoms with Crippen molar-refractivity contribution < 1.29 is 4.79 Å². The quantitative estimate of drug-likeness (QED) is 0.820. The molecule has 2 aromatic heterocycles. The number of aromatic nitrogens is 3. The van der Waals surface area contributed by atoms with E-state index in [4.69, 9.17) is 0 Å². The standard InChI is InChI=1S/C12H14N4O2/c1-8-9(7-14-16(8)2)6-13-12(18)10-4-3-5-11(17)15-10/h3-5,7H,6H2,1-2H3,(H,13,18)(H,15,17). The third-order valence-electron chi connectivity index (χ3n) is 2.79. The average molecular weight is 246 g/mol. The Bertz CT molecular complexity index is 627. The van der Waals surface area contributed by atoms with Gasteiger partial charge in [-0.05, 0) is 13.0 Å². The van der Waals surface area contributed by atoms with E-state index in [1.807, 2.05) is 14.0 Å². The molecule has 18 heavy (non-hydrogen) atoms. The molecule has 1 amide bonds. The molecule has 0 spiro atoms. The lowest BCUT2D eigenvalue weighted by Gasteiger charge is -2.04. The van der Waals surface area contributed by atoms with Gasteiger partial charge in [0.2, 0.25) is 5.56 Å². The van der Waals surface area contributed by atoms with E-state index < -0.39 is 0 Å². The zero-order chi connectivity index (χ0) is 13.1. The Balaban J connectivity index is 2.05. The summed E-state index contributed by atoms with van der Waals surface area (Å²) in [5.41, 5.74) is 1.91. The number of hydrogen-bond donors (Lipinski definition) is 2. The highest BCUT2D eigenvalue weighted by Gasteiger charge is 2.08. The topological polar surface area (TPSA) is 79.8 Å². The fraction of sp³-hybridized carbons (Fsp3) is 0.250. The van der Waals surface area contributed by atoms with Crippen LogP contribution >= 0.6 is 0 Å². The molecule has 0 aliphatic heterocycles. The Kier molecular flexibility index (Phi) is 3.27. The lowest BCUT2D eigenvalue weighted by atomic mass is 10.2. The zero-order valence-electron chi connectivity index (χ0n) is 10.2. The number of nitrogens with zero attached hydrogens (tertiary/aromatic N) is 2. The van der Waals surface area contributed by atoms with Crippen LogP contribution in [0.25, 0.3) is 0 Å². The summed E-state index contributed by atoms with van der Waals surface area (Å²) in [7, 11) is 1.84. The van der Waals surface area contributed by atoms with Crippen LogP contribution in [0.2, 0.25) is 0 Å². The van der Waals surface area contributed by atoms with Gasteiger partial charge in [0.05, 0.1) is 6.20 Å². The van der Waals surface area contributed by atoms with E-state index in [0.717, 1.165) is 11.3 Å². The van der Waals surface area contributed by atoms with Crippen LogP contribution in [-0.2, 0) is 13.6 Å². The molecule has 0 aromatic carbocycles. The summed E-state index contributed by atoms with van der Waals surface area (Å²) in [4.78, 5) is 25.3. The van der Waals surface area contributed by atoms with Crippen molar-refractivity contribution in [2.45, 2.75) is 13.5 Å². The number of amides is 1. The number of pyridine rings is 1. The van der Waals surface area contributed by atoms with Crippen LogP contribution in [0.5, 0.6) is 0 Å². The van der Waals surface area contributed by atoms with Crippen molar-refractivity contribution in [3.63, 3.8) is 0 Å². The van der Waals surface area contributed by atoms with E-state index in [9.17, 15) is 9.59 Å². The maximum Gasteiger partial charge on any atom is 0.268 e. The number of carbonyl (C=O) groups is 1. The molecule has 0 fully saturated rings. The van der Waals surface area contributed by atoms with Crippen LogP contribution in [0.3, 0.4) is 0 Å². The van der Waals surface area contributed by atoms with Crippen molar-refractivity contribution in [3.05, 3.63) is 51.7 Å². The molecule has 94 valence electrons. The first-order chi connectivity index (χ1) is 8.58. The molecule has 2 N–H and O–H groups in total. The smallest absolute Gasteiger partial charge is 0.268 e. The molecule has 2 aromatic rings. The van der Waals surface area contributed by atoms with Gasteiger partial charge in [-0.25, -0.2) is 0 Å². The van der Waals surface area contributed by atoms with E-state index in [1.54, 1.807) is 23.0 Å². The van der Waals surface area contributed by atoms with Crippen LogP contribution in [0.1, 0.15) is 21.7 Å². The van der Waals surface area contributed by atoms with Crippen molar-refractivity contribution in [1.82, 2.24) is 20.1 Å². The third kappa shape index (κ3) is 2.48. The Morgan fingerprint density at radius 3 is 2.89 bits per heavy atom. The number of aryl methyl sites for hydroxylation is 1. The molecular formula is C12H14N4O2. The SMILES string of the molecule is Cc1c(CNC(=O)c2cccc(=O)[nH]2)cnn1C. The Labute approximate surface area is 104 Å². The molecule has 2 rings (SSSR count). The minimum Gasteiger partial charge on any atom is -0.347 e. The summed E-state index contributed by atoms with van der Waals surface area (Å²) in [6.07, 6.45) is 1.71. The van der Waals surface area contributed by atoms with Gasteiger partial charge < -0.3 is 10.3 Å². The molecular weight excluding hydrogens is 232 g/mol. The van der Waals surface area contributed by atoms with E-state index in [-0.39, 0.29) is 17.2 Å². The predicted octanol–water partition coefficient (Wildman–Crippen LogP) is 0.347. The molecule has 0 saturated carbocycles. The first-order valence-electron chi connectivity index (χ1n) is 5.53. The lowest BCUT2D eigenvalue weighted by molar-refractivity contribution is 0.0945. The summed E-state index contributed by atoms with van der Waals surface area (Å²) in [6.45, 7) is 2.31. The van der Waals surface area contributed by atoms with Gasteiger partial charge in [-0.1, -0.05) is 6.07 Å². The lowest BCUT2D eigenvalue weighted by Crippen LogP contribution is -2.25. The second-order valence-corrected chi connectivity index (χ2v) is 3.99. The first-order valence-corrected chi connectivity index (χ1v) is 5.53. The van der Waals surface area contributed by atoms with E-state index in [0.29, 0.717) is 6.54 Å². The predicted molar refractivity (Wildman–Crippen MR) is 66.2 cm³/mol. The summed E-state index contributed by atoms with van der Waals surface area (Å²) >= 11 is 0. The van der Waals surface area contributed by atoms with Crippen molar-refractivity contribution in [1.29, 1.82) is 0 Å². The number of hydrogen-bond acceptors (Lipinski definition) is 3. The van der Waals surface area contributed by atoms with Gasteiger partial charge in [0, 0.05) is 30.9 Å². The molecule has 0 saturated heterocycles. The summed E-state index contributed by atoms with van der Waals surface area (Å²) in [5, 5.41) is 6.82. The fourth-order valence-electron chi connectivity index (χ4n) is 1.57. The van der Waals surface area contributed by atoms with Gasteiger partial charge in [0.15, 0.2) is 0 Å². The van der Waals surface area contributed by atoms with E-state index in [2.05, 4.69) is 15.4 Å². The summed E-state index contributed by atoms with van der Waals surface area (Å²) in [5.74, 6) is -0.309. The van der Waals surface area contributed by atoms with Gasteiger partial charge >= 0.3 is 0 Å². The summed E-state index contributed by atoms with van der Waals surface area (Å²) < 4.78 is 1.74. The van der Waals surface area contributed by atoms with Crippen molar-refractivity contribution in [3.8, 4) is 0 Å². The summed E-state index contributed by atoms with van der Waals surface area (Å²) in [6, 6.07) is 4.47. The molecule has 0 radical (unpaired) electrons. The third-order valence-corrected chi connectivity index (χ3v) is 2.79. The van der Waals surface area contributed by atoms with Crippen molar-refractivity contribution >= 4 is 5.91 Å². The Morgan fingerprint density at radius 1 is 1.50 bits per heavy atom. The number of aromatic amines is 1. The monoisotopic (exact) mass is 246 g/mol. The van der Waals surface area contributed by atoms with E-state index in [1.165, 1.54) is 6.07 Å². The number of nitrogens with one attached hydrogen (secondary N) is 2. The van der Waals surface area contributed by atoms with Crippen molar-refractivity contribution in [2.24, 2.45) is 7.05 Å². The second kappa shape index (κ2) is 4.87. The van der Waals surface area contributed by atoms with Gasteiger partial charge in [0.1, 0.15) is 5.69 Å². The van der Waals surface area contributed by atoms with Crippen molar-refractivity contribution in [2.75, 3.05) is 0 Å². The highest BCUT2D eigenvalue weighted by molar-refractivity contribution is 5.92. The van der Waals surface area contributed by atoms with Crippen LogP contribution < -0.4 is 10.9 Å². The molecule has 2 heterocycles. The highest BCUT2D eigenvalue weighted by atomic mass is 16.2. The van der Waals surface area contributed by atoms with E-state index >= 15 is 0 Å². The molecule has 0 aliphatic carbocycles. The maximum absolute atomic E-state index is 11.8. The largest absolute Gasteiger partial charge is 0.347 e. The number of rotatable bonds is 3. The first kappa shape index (κ1) is 12.1. The van der Waals surface area contributed by atoms with Gasteiger partial charge in [-0.2, -0.15) is 5.10 Å². The number of carbonyl (C=O) groups excluding carboxylic acids is 1. The molecule has 6 heteroatoms. The molecule has 0 bridgehead atoms. The zero-order valence-corrected chi connectivity index (χ0v) is 10.2. The van der Waals surface area contributed by atoms with Crippen LogP contribution in [0, 0.1) is 6.92 Å². The maximum atomic E-state index is 11.8.